The molecule has 1 fully saturated rings. The summed E-state index contributed by atoms with van der Waals surface area (Å²) in [6.45, 7) is 0.450. The van der Waals surface area contributed by atoms with Crippen molar-refractivity contribution in [2.24, 2.45) is 0 Å². The van der Waals surface area contributed by atoms with E-state index in [-0.39, 0.29) is 0 Å². The van der Waals surface area contributed by atoms with Crippen LogP contribution in [-0.4, -0.2) is 19.2 Å². The first-order valence-electron chi connectivity index (χ1n) is 4.20. The van der Waals surface area contributed by atoms with E-state index in [1.54, 1.807) is 0 Å². The van der Waals surface area contributed by atoms with E-state index in [4.69, 9.17) is 8.92 Å². The maximum absolute atomic E-state index is 5.48. The summed E-state index contributed by atoms with van der Waals surface area (Å²) in [7, 11) is 0. The van der Waals surface area contributed by atoms with E-state index >= 15 is 0 Å². The summed E-state index contributed by atoms with van der Waals surface area (Å²) in [6, 6.07) is 0. The van der Waals surface area contributed by atoms with Crippen molar-refractivity contribution >= 4 is 12.0 Å². The van der Waals surface area contributed by atoms with E-state index in [1.807, 2.05) is 6.26 Å². The SMILES string of the molecule is CSOCOC1CCCCC1. The van der Waals surface area contributed by atoms with Gasteiger partial charge in [0.15, 0.2) is 6.79 Å². The van der Waals surface area contributed by atoms with Crippen LogP contribution in [0.15, 0.2) is 0 Å². The lowest BCUT2D eigenvalue weighted by Crippen LogP contribution is -2.17. The fraction of sp³-hybridized carbons (Fsp3) is 1.00. The van der Waals surface area contributed by atoms with Gasteiger partial charge in [-0.15, -0.1) is 0 Å². The van der Waals surface area contributed by atoms with E-state index in [0.717, 1.165) is 0 Å². The highest BCUT2D eigenvalue weighted by molar-refractivity contribution is 7.93. The maximum atomic E-state index is 5.48. The molecule has 0 spiro atoms. The molecule has 0 N–H and O–H groups in total. The van der Waals surface area contributed by atoms with Gasteiger partial charge in [-0.3, -0.25) is 4.18 Å². The Labute approximate surface area is 72.8 Å². The van der Waals surface area contributed by atoms with Crippen molar-refractivity contribution in [1.29, 1.82) is 0 Å². The van der Waals surface area contributed by atoms with E-state index in [0.29, 0.717) is 12.9 Å². The molecule has 2 nitrogen and oxygen atoms in total. The van der Waals surface area contributed by atoms with Crippen LogP contribution in [0.25, 0.3) is 0 Å². The molecule has 0 heterocycles. The molecule has 1 rings (SSSR count). The third-order valence-corrected chi connectivity index (χ3v) is 2.35. The molecular formula is C8H16O2S. The molecule has 0 atom stereocenters. The number of rotatable bonds is 4. The lowest BCUT2D eigenvalue weighted by atomic mass is 9.98. The van der Waals surface area contributed by atoms with Crippen molar-refractivity contribution in [3.05, 3.63) is 0 Å². The zero-order valence-electron chi connectivity index (χ0n) is 7.04. The number of ether oxygens (including phenoxy) is 1. The van der Waals surface area contributed by atoms with Gasteiger partial charge in [-0.2, -0.15) is 0 Å². The largest absolute Gasteiger partial charge is 0.351 e. The van der Waals surface area contributed by atoms with Crippen LogP contribution in [0.2, 0.25) is 0 Å². The molecule has 11 heavy (non-hydrogen) atoms. The minimum Gasteiger partial charge on any atom is -0.351 e. The molecule has 0 saturated heterocycles. The van der Waals surface area contributed by atoms with Gasteiger partial charge in [0.1, 0.15) is 0 Å². The molecule has 0 radical (unpaired) electrons. The molecule has 0 aliphatic heterocycles. The van der Waals surface area contributed by atoms with Crippen LogP contribution in [0.1, 0.15) is 32.1 Å². The van der Waals surface area contributed by atoms with Crippen molar-refractivity contribution in [1.82, 2.24) is 0 Å². The fourth-order valence-electron chi connectivity index (χ4n) is 1.40. The molecule has 3 heteroatoms. The van der Waals surface area contributed by atoms with Crippen molar-refractivity contribution in [3.63, 3.8) is 0 Å². The Hall–Kier alpha value is 0.270. The molecule has 0 bridgehead atoms. The Kier molecular flexibility index (Phi) is 4.99. The molecule has 66 valence electrons. The molecule has 0 aromatic heterocycles. The van der Waals surface area contributed by atoms with Gasteiger partial charge in [0.05, 0.1) is 6.10 Å². The first kappa shape index (κ1) is 9.36. The second-order valence-electron chi connectivity index (χ2n) is 2.83. The normalized spacial score (nSPS) is 20.5. The van der Waals surface area contributed by atoms with Gasteiger partial charge in [-0.25, -0.2) is 0 Å². The summed E-state index contributed by atoms with van der Waals surface area (Å²) in [5, 5.41) is 0. The molecular weight excluding hydrogens is 160 g/mol. The Bertz CT molecular complexity index is 92.1. The third kappa shape index (κ3) is 3.99. The minimum atomic E-state index is 0.450. The highest BCUT2D eigenvalue weighted by Crippen LogP contribution is 2.20. The predicted molar refractivity (Wildman–Crippen MR) is 47.4 cm³/mol. The number of hydrogen-bond acceptors (Lipinski definition) is 3. The average molecular weight is 176 g/mol. The van der Waals surface area contributed by atoms with Gasteiger partial charge in [0.2, 0.25) is 0 Å². The standard InChI is InChI=1S/C8H16O2S/c1-11-10-7-9-8-5-3-2-4-6-8/h8H,2-7H2,1H3. The van der Waals surface area contributed by atoms with Crippen molar-refractivity contribution < 1.29 is 8.92 Å². The molecule has 0 aromatic carbocycles. The Morgan fingerprint density at radius 1 is 1.27 bits per heavy atom. The topological polar surface area (TPSA) is 18.5 Å². The lowest BCUT2D eigenvalue weighted by molar-refractivity contribution is -0.0415. The van der Waals surface area contributed by atoms with Crippen molar-refractivity contribution in [2.45, 2.75) is 38.2 Å². The second kappa shape index (κ2) is 5.86. The highest BCUT2D eigenvalue weighted by atomic mass is 32.2. The smallest absolute Gasteiger partial charge is 0.160 e. The zero-order valence-corrected chi connectivity index (χ0v) is 7.86. The Balaban J connectivity index is 1.96. The first-order valence-corrected chi connectivity index (χ1v) is 5.35. The first-order chi connectivity index (χ1) is 5.43. The molecule has 1 saturated carbocycles. The third-order valence-electron chi connectivity index (χ3n) is 2.02. The monoisotopic (exact) mass is 176 g/mol. The molecule has 0 aromatic rings. The summed E-state index contributed by atoms with van der Waals surface area (Å²) in [5.74, 6) is 0. The van der Waals surface area contributed by atoms with E-state index in [2.05, 4.69) is 0 Å². The van der Waals surface area contributed by atoms with E-state index in [1.165, 1.54) is 44.1 Å². The van der Waals surface area contributed by atoms with Crippen LogP contribution in [0.3, 0.4) is 0 Å². The van der Waals surface area contributed by atoms with Crippen molar-refractivity contribution in [2.75, 3.05) is 13.0 Å². The van der Waals surface area contributed by atoms with E-state index < -0.39 is 0 Å². The zero-order chi connectivity index (χ0) is 7.94. The van der Waals surface area contributed by atoms with Crippen LogP contribution >= 0.6 is 12.0 Å². The fourth-order valence-corrected chi connectivity index (χ4v) is 1.56. The van der Waals surface area contributed by atoms with E-state index in [9.17, 15) is 0 Å². The summed E-state index contributed by atoms with van der Waals surface area (Å²) in [4.78, 5) is 0. The summed E-state index contributed by atoms with van der Waals surface area (Å²) in [5.41, 5.74) is 0. The van der Waals surface area contributed by atoms with Crippen LogP contribution in [0, 0.1) is 0 Å². The summed E-state index contributed by atoms with van der Waals surface area (Å²) in [6.07, 6.45) is 8.84. The van der Waals surface area contributed by atoms with Gasteiger partial charge < -0.3 is 4.74 Å². The molecule has 0 unspecified atom stereocenters. The Morgan fingerprint density at radius 2 is 2.00 bits per heavy atom. The van der Waals surface area contributed by atoms with Gasteiger partial charge in [0, 0.05) is 6.26 Å². The van der Waals surface area contributed by atoms with Crippen LogP contribution < -0.4 is 0 Å². The Morgan fingerprint density at radius 3 is 2.64 bits per heavy atom. The van der Waals surface area contributed by atoms with Gasteiger partial charge >= 0.3 is 0 Å². The maximum Gasteiger partial charge on any atom is 0.160 e. The van der Waals surface area contributed by atoms with Gasteiger partial charge in [-0.1, -0.05) is 19.3 Å². The van der Waals surface area contributed by atoms with Crippen LogP contribution in [-0.2, 0) is 8.92 Å². The van der Waals surface area contributed by atoms with Gasteiger partial charge in [0.25, 0.3) is 0 Å². The highest BCUT2D eigenvalue weighted by Gasteiger charge is 2.12. The molecule has 1 aliphatic rings. The molecule has 0 amide bonds. The van der Waals surface area contributed by atoms with Crippen molar-refractivity contribution in [3.8, 4) is 0 Å². The van der Waals surface area contributed by atoms with Gasteiger partial charge in [-0.05, 0) is 24.9 Å². The predicted octanol–water partition coefficient (Wildman–Crippen LogP) is 2.59. The van der Waals surface area contributed by atoms with Crippen LogP contribution in [0.4, 0.5) is 0 Å². The quantitative estimate of drug-likeness (QED) is 0.372. The summed E-state index contributed by atoms with van der Waals surface area (Å²) < 4.78 is 10.5. The lowest BCUT2D eigenvalue weighted by Gasteiger charge is -2.21. The van der Waals surface area contributed by atoms with Crippen LogP contribution in [0.5, 0.6) is 0 Å². The number of hydrogen-bond donors (Lipinski definition) is 0. The summed E-state index contributed by atoms with van der Waals surface area (Å²) >= 11 is 1.37. The second-order valence-corrected chi connectivity index (χ2v) is 3.40. The average Bonchev–Trinajstić information content (AvgIpc) is 2.07. The molecule has 1 aliphatic carbocycles. The minimum absolute atomic E-state index is 0.450.